The highest BCUT2D eigenvalue weighted by Gasteiger charge is 1.92. The molecule has 0 spiro atoms. The first kappa shape index (κ1) is 8.44. The molecule has 0 radical (unpaired) electrons. The van der Waals surface area contributed by atoms with Crippen LogP contribution in [0.3, 0.4) is 0 Å². The van der Waals surface area contributed by atoms with E-state index in [9.17, 15) is 0 Å². The summed E-state index contributed by atoms with van der Waals surface area (Å²) in [5, 5.41) is 2.19. The molecule has 0 N–H and O–H groups in total. The van der Waals surface area contributed by atoms with Crippen molar-refractivity contribution in [1.82, 2.24) is 0 Å². The molecular weight excluding hydrogens is 176 g/mol. The van der Waals surface area contributed by atoms with E-state index in [1.807, 2.05) is 30.3 Å². The van der Waals surface area contributed by atoms with Gasteiger partial charge in [-0.2, -0.15) is 0 Å². The molecule has 0 saturated carbocycles. The van der Waals surface area contributed by atoms with Gasteiger partial charge in [-0.05, 0) is 11.6 Å². The number of benzene rings is 1. The van der Waals surface area contributed by atoms with Crippen LogP contribution in [0.15, 0.2) is 36.4 Å². The van der Waals surface area contributed by atoms with Gasteiger partial charge in [0.1, 0.15) is 0 Å². The van der Waals surface area contributed by atoms with Crippen LogP contribution in [0.5, 0.6) is 0 Å². The Balaban J connectivity index is 2.94. The Kier molecular flexibility index (Phi) is 3.27. The molecule has 0 saturated heterocycles. The van der Waals surface area contributed by atoms with Gasteiger partial charge in [-0.15, -0.1) is 0 Å². The molecule has 1 rings (SSSR count). The highest BCUT2D eigenvalue weighted by molar-refractivity contribution is 7.79. The van der Waals surface area contributed by atoms with E-state index in [0.717, 1.165) is 5.56 Å². The van der Waals surface area contributed by atoms with Gasteiger partial charge in [-0.25, -0.2) is 0 Å². The van der Waals surface area contributed by atoms with Crippen LogP contribution in [0.1, 0.15) is 5.56 Å². The molecule has 0 aliphatic heterocycles. The van der Waals surface area contributed by atoms with E-state index in [1.165, 1.54) is 5.37 Å². The Hall–Kier alpha value is -0.660. The number of hydrogen-bond acceptors (Lipinski definition) is 1. The Morgan fingerprint density at radius 1 is 1.27 bits per heavy atom. The second-order valence-corrected chi connectivity index (χ2v) is 2.70. The Morgan fingerprint density at radius 2 is 1.91 bits per heavy atom. The summed E-state index contributed by atoms with van der Waals surface area (Å²) in [7, 11) is 0. The van der Waals surface area contributed by atoms with Crippen molar-refractivity contribution in [3.63, 3.8) is 0 Å². The van der Waals surface area contributed by atoms with Gasteiger partial charge >= 0.3 is 0 Å². The van der Waals surface area contributed by atoms with Gasteiger partial charge in [-0.3, -0.25) is 0 Å². The maximum absolute atomic E-state index is 5.87. The standard InChI is InChI=1S/C9H7ClS/c10-9(6-7-11)8-4-2-1-3-5-8/h1-7H. The van der Waals surface area contributed by atoms with Gasteiger partial charge in [0.05, 0.1) is 0 Å². The lowest BCUT2D eigenvalue weighted by Gasteiger charge is -1.94. The van der Waals surface area contributed by atoms with Crippen LogP contribution in [-0.4, -0.2) is 5.37 Å². The van der Waals surface area contributed by atoms with Gasteiger partial charge < -0.3 is 0 Å². The average molecular weight is 183 g/mol. The smallest absolute Gasteiger partial charge is 0.0486 e. The van der Waals surface area contributed by atoms with Crippen LogP contribution in [0, 0.1) is 0 Å². The highest BCUT2D eigenvalue weighted by atomic mass is 35.5. The predicted octanol–water partition coefficient (Wildman–Crippen LogP) is 3.27. The summed E-state index contributed by atoms with van der Waals surface area (Å²) in [6.45, 7) is 0. The molecule has 0 unspecified atom stereocenters. The summed E-state index contributed by atoms with van der Waals surface area (Å²) in [6.07, 6.45) is 1.70. The molecule has 0 aliphatic carbocycles. The van der Waals surface area contributed by atoms with E-state index in [1.54, 1.807) is 6.08 Å². The molecule has 0 heterocycles. The van der Waals surface area contributed by atoms with Crippen LogP contribution in [0.4, 0.5) is 0 Å². The maximum Gasteiger partial charge on any atom is 0.0486 e. The van der Waals surface area contributed by atoms with Gasteiger partial charge in [0.25, 0.3) is 0 Å². The van der Waals surface area contributed by atoms with E-state index in [2.05, 4.69) is 12.2 Å². The summed E-state index contributed by atoms with van der Waals surface area (Å²) in [6, 6.07) is 9.71. The van der Waals surface area contributed by atoms with Gasteiger partial charge in [0.2, 0.25) is 0 Å². The molecule has 0 amide bonds. The summed E-state index contributed by atoms with van der Waals surface area (Å²) in [5.74, 6) is 0. The van der Waals surface area contributed by atoms with Gasteiger partial charge in [0, 0.05) is 10.4 Å². The van der Waals surface area contributed by atoms with Crippen molar-refractivity contribution < 1.29 is 0 Å². The van der Waals surface area contributed by atoms with Crippen LogP contribution in [-0.2, 0) is 0 Å². The third kappa shape index (κ3) is 2.45. The SMILES string of the molecule is S=CC=C(Cl)c1ccccc1. The fourth-order valence-corrected chi connectivity index (χ4v) is 1.15. The number of allylic oxidation sites excluding steroid dienone is 1. The molecule has 0 bridgehead atoms. The van der Waals surface area contributed by atoms with Gasteiger partial charge in [0.15, 0.2) is 0 Å². The van der Waals surface area contributed by atoms with E-state index < -0.39 is 0 Å². The topological polar surface area (TPSA) is 0 Å². The summed E-state index contributed by atoms with van der Waals surface area (Å²) < 4.78 is 0. The van der Waals surface area contributed by atoms with E-state index >= 15 is 0 Å². The van der Waals surface area contributed by atoms with Crippen LogP contribution >= 0.6 is 23.8 Å². The quantitative estimate of drug-likeness (QED) is 0.500. The molecule has 2 heteroatoms. The first-order chi connectivity index (χ1) is 5.34. The molecule has 1 aromatic rings. The minimum Gasteiger partial charge on any atom is -0.0887 e. The van der Waals surface area contributed by atoms with E-state index in [-0.39, 0.29) is 0 Å². The minimum absolute atomic E-state index is 0.681. The van der Waals surface area contributed by atoms with E-state index in [0.29, 0.717) is 5.03 Å². The normalized spacial score (nSPS) is 11.2. The first-order valence-electron chi connectivity index (χ1n) is 3.21. The molecule has 11 heavy (non-hydrogen) atoms. The number of halogens is 1. The van der Waals surface area contributed by atoms with Crippen molar-refractivity contribution in [3.8, 4) is 0 Å². The second-order valence-electron chi connectivity index (χ2n) is 2.02. The highest BCUT2D eigenvalue weighted by Crippen LogP contribution is 2.16. The summed E-state index contributed by atoms with van der Waals surface area (Å²) in [4.78, 5) is 0. The summed E-state index contributed by atoms with van der Waals surface area (Å²) in [5.41, 5.74) is 0.996. The fraction of sp³-hybridized carbons (Fsp3) is 0. The lowest BCUT2D eigenvalue weighted by Crippen LogP contribution is -1.74. The van der Waals surface area contributed by atoms with Crippen molar-refractivity contribution in [2.75, 3.05) is 0 Å². The summed E-state index contributed by atoms with van der Waals surface area (Å²) >= 11 is 10.5. The lowest BCUT2D eigenvalue weighted by atomic mass is 10.2. The monoisotopic (exact) mass is 182 g/mol. The average Bonchev–Trinajstić information content (AvgIpc) is 2.07. The fourth-order valence-electron chi connectivity index (χ4n) is 0.753. The third-order valence-corrected chi connectivity index (χ3v) is 1.74. The molecular formula is C9H7ClS. The Morgan fingerprint density at radius 3 is 2.45 bits per heavy atom. The minimum atomic E-state index is 0.681. The largest absolute Gasteiger partial charge is 0.0887 e. The lowest BCUT2D eigenvalue weighted by molar-refractivity contribution is 1.65. The third-order valence-electron chi connectivity index (χ3n) is 1.26. The molecule has 0 aliphatic rings. The second kappa shape index (κ2) is 4.27. The molecule has 0 fully saturated rings. The maximum atomic E-state index is 5.87. The van der Waals surface area contributed by atoms with Gasteiger partial charge in [-0.1, -0.05) is 54.2 Å². The molecule has 56 valence electrons. The first-order valence-corrected chi connectivity index (χ1v) is 4.06. The number of rotatable bonds is 2. The number of thiocarbonyl (C=S) groups is 1. The van der Waals surface area contributed by atoms with Crippen molar-refractivity contribution in [3.05, 3.63) is 42.0 Å². The van der Waals surface area contributed by atoms with Crippen LogP contribution in [0.25, 0.3) is 5.03 Å². The Labute approximate surface area is 76.5 Å². The molecule has 1 aromatic carbocycles. The van der Waals surface area contributed by atoms with Crippen LogP contribution < -0.4 is 0 Å². The zero-order valence-electron chi connectivity index (χ0n) is 5.83. The van der Waals surface area contributed by atoms with Crippen molar-refractivity contribution in [2.24, 2.45) is 0 Å². The van der Waals surface area contributed by atoms with Crippen molar-refractivity contribution in [2.45, 2.75) is 0 Å². The molecule has 0 nitrogen and oxygen atoms in total. The van der Waals surface area contributed by atoms with Crippen LogP contribution in [0.2, 0.25) is 0 Å². The van der Waals surface area contributed by atoms with Crippen molar-refractivity contribution >= 4 is 34.2 Å². The Bertz CT molecular complexity index is 264. The zero-order chi connectivity index (χ0) is 8.10. The molecule has 0 atom stereocenters. The van der Waals surface area contributed by atoms with Crippen molar-refractivity contribution in [1.29, 1.82) is 0 Å². The molecule has 0 aromatic heterocycles. The predicted molar refractivity (Wildman–Crippen MR) is 53.9 cm³/mol. The number of hydrogen-bond donors (Lipinski definition) is 0. The van der Waals surface area contributed by atoms with E-state index in [4.69, 9.17) is 11.6 Å². The zero-order valence-corrected chi connectivity index (χ0v) is 7.40.